The third-order valence-corrected chi connectivity index (χ3v) is 5.95. The fourth-order valence-corrected chi connectivity index (χ4v) is 3.94. The van der Waals surface area contributed by atoms with Gasteiger partial charge < -0.3 is 15.5 Å². The quantitative estimate of drug-likeness (QED) is 0.534. The zero-order chi connectivity index (χ0) is 22.5. The van der Waals surface area contributed by atoms with Crippen molar-refractivity contribution < 1.29 is 4.79 Å². The van der Waals surface area contributed by atoms with Gasteiger partial charge >= 0.3 is 0 Å². The smallest absolute Gasteiger partial charge is 0.232 e. The van der Waals surface area contributed by atoms with Gasteiger partial charge in [0.1, 0.15) is 6.33 Å². The molecule has 0 spiro atoms. The van der Waals surface area contributed by atoms with Crippen LogP contribution in [-0.2, 0) is 11.3 Å². The van der Waals surface area contributed by atoms with Gasteiger partial charge in [-0.2, -0.15) is 4.98 Å². The van der Waals surface area contributed by atoms with E-state index in [1.807, 2.05) is 25.1 Å². The molecular formula is C23H26BrN7O. The highest BCUT2D eigenvalue weighted by molar-refractivity contribution is 9.10. The van der Waals surface area contributed by atoms with Crippen molar-refractivity contribution in [3.8, 4) is 0 Å². The molecule has 4 rings (SSSR count). The summed E-state index contributed by atoms with van der Waals surface area (Å²) < 4.78 is 1.10. The van der Waals surface area contributed by atoms with Crippen molar-refractivity contribution in [1.82, 2.24) is 19.9 Å². The largest absolute Gasteiger partial charge is 0.338 e. The van der Waals surface area contributed by atoms with Crippen LogP contribution in [0.15, 0.2) is 53.3 Å². The third-order valence-electron chi connectivity index (χ3n) is 5.42. The van der Waals surface area contributed by atoms with Crippen LogP contribution in [0.25, 0.3) is 0 Å². The van der Waals surface area contributed by atoms with Gasteiger partial charge in [0.15, 0.2) is 0 Å². The molecule has 32 heavy (non-hydrogen) atoms. The predicted molar refractivity (Wildman–Crippen MR) is 130 cm³/mol. The summed E-state index contributed by atoms with van der Waals surface area (Å²) in [5, 5.41) is 6.10. The van der Waals surface area contributed by atoms with Gasteiger partial charge in [-0.15, -0.1) is 0 Å². The maximum Gasteiger partial charge on any atom is 0.232 e. The molecule has 0 unspecified atom stereocenters. The van der Waals surface area contributed by atoms with Gasteiger partial charge in [-0.1, -0.05) is 34.1 Å². The lowest BCUT2D eigenvalue weighted by molar-refractivity contribution is -0.114. The third kappa shape index (κ3) is 5.60. The number of hydrogen-bond acceptors (Lipinski definition) is 7. The second-order valence-electron chi connectivity index (χ2n) is 7.78. The van der Waals surface area contributed by atoms with Gasteiger partial charge in [-0.3, -0.25) is 9.69 Å². The van der Waals surface area contributed by atoms with Crippen molar-refractivity contribution in [2.24, 2.45) is 0 Å². The van der Waals surface area contributed by atoms with Gasteiger partial charge in [-0.05, 0) is 42.3 Å². The molecule has 1 aromatic heterocycles. The standard InChI is InChI=1S/C23H26BrN7O/c1-16-20(27-17(2)32)4-3-5-21(16)28-22-25-15-26-23(29-22)31-12-10-30(11-13-31)14-18-6-8-19(24)9-7-18/h3-9,15H,10-14H2,1-2H3,(H,27,32)(H,25,26,28,29). The molecule has 2 aromatic carbocycles. The van der Waals surface area contributed by atoms with E-state index < -0.39 is 0 Å². The van der Waals surface area contributed by atoms with E-state index in [4.69, 9.17) is 0 Å². The van der Waals surface area contributed by atoms with Crippen molar-refractivity contribution in [2.45, 2.75) is 20.4 Å². The van der Waals surface area contributed by atoms with Crippen LogP contribution in [0.4, 0.5) is 23.3 Å². The minimum absolute atomic E-state index is 0.105. The lowest BCUT2D eigenvalue weighted by Gasteiger charge is -2.34. The Morgan fingerprint density at radius 1 is 1.03 bits per heavy atom. The Kier molecular flexibility index (Phi) is 6.96. The van der Waals surface area contributed by atoms with Crippen molar-refractivity contribution in [2.75, 3.05) is 41.7 Å². The van der Waals surface area contributed by atoms with Gasteiger partial charge in [0.05, 0.1) is 0 Å². The SMILES string of the molecule is CC(=O)Nc1cccc(Nc2ncnc(N3CCN(Cc4ccc(Br)cc4)CC3)n2)c1C. The van der Waals surface area contributed by atoms with Crippen LogP contribution in [0, 0.1) is 6.92 Å². The average molecular weight is 496 g/mol. The Balaban J connectivity index is 1.39. The van der Waals surface area contributed by atoms with E-state index in [0.717, 1.165) is 54.1 Å². The number of aromatic nitrogens is 3. The van der Waals surface area contributed by atoms with Gasteiger partial charge in [0, 0.05) is 55.5 Å². The van der Waals surface area contributed by atoms with E-state index >= 15 is 0 Å². The highest BCUT2D eigenvalue weighted by Gasteiger charge is 2.20. The average Bonchev–Trinajstić information content (AvgIpc) is 2.78. The summed E-state index contributed by atoms with van der Waals surface area (Å²) in [6, 6.07) is 14.2. The number of carbonyl (C=O) groups is 1. The van der Waals surface area contributed by atoms with Crippen LogP contribution in [0.2, 0.25) is 0 Å². The summed E-state index contributed by atoms with van der Waals surface area (Å²) in [7, 11) is 0. The highest BCUT2D eigenvalue weighted by atomic mass is 79.9. The Bertz CT molecular complexity index is 1080. The van der Waals surface area contributed by atoms with Crippen molar-refractivity contribution in [3.05, 3.63) is 64.4 Å². The molecule has 1 fully saturated rings. The van der Waals surface area contributed by atoms with E-state index in [1.54, 1.807) is 0 Å². The predicted octanol–water partition coefficient (Wildman–Crippen LogP) is 3.97. The number of anilines is 4. The molecule has 1 aliphatic heterocycles. The molecule has 1 aliphatic rings. The van der Waals surface area contributed by atoms with Gasteiger partial charge in [0.2, 0.25) is 17.8 Å². The maximum absolute atomic E-state index is 11.4. The fraction of sp³-hybridized carbons (Fsp3) is 0.304. The molecule has 0 atom stereocenters. The Labute approximate surface area is 196 Å². The zero-order valence-electron chi connectivity index (χ0n) is 18.2. The van der Waals surface area contributed by atoms with Crippen LogP contribution in [0.5, 0.6) is 0 Å². The zero-order valence-corrected chi connectivity index (χ0v) is 19.8. The molecule has 0 aliphatic carbocycles. The number of carbonyl (C=O) groups excluding carboxylic acids is 1. The molecule has 8 nitrogen and oxygen atoms in total. The molecule has 2 heterocycles. The van der Waals surface area contributed by atoms with Gasteiger partial charge in [0.25, 0.3) is 0 Å². The van der Waals surface area contributed by atoms with E-state index in [-0.39, 0.29) is 5.91 Å². The van der Waals surface area contributed by atoms with Crippen LogP contribution in [0.3, 0.4) is 0 Å². The number of nitrogens with one attached hydrogen (secondary N) is 2. The monoisotopic (exact) mass is 495 g/mol. The lowest BCUT2D eigenvalue weighted by atomic mass is 10.1. The number of halogens is 1. The molecule has 2 N–H and O–H groups in total. The highest BCUT2D eigenvalue weighted by Crippen LogP contribution is 2.25. The molecule has 1 amide bonds. The number of rotatable bonds is 6. The second-order valence-corrected chi connectivity index (χ2v) is 8.70. The number of amides is 1. The normalized spacial score (nSPS) is 14.3. The number of piperazine rings is 1. The van der Waals surface area contributed by atoms with E-state index in [2.05, 4.69) is 75.6 Å². The van der Waals surface area contributed by atoms with Crippen molar-refractivity contribution >= 4 is 45.1 Å². The van der Waals surface area contributed by atoms with Crippen molar-refractivity contribution in [1.29, 1.82) is 0 Å². The summed E-state index contributed by atoms with van der Waals surface area (Å²) in [5.74, 6) is 1.05. The molecule has 3 aromatic rings. The van der Waals surface area contributed by atoms with E-state index in [9.17, 15) is 4.79 Å². The van der Waals surface area contributed by atoms with Crippen LogP contribution >= 0.6 is 15.9 Å². The first-order valence-corrected chi connectivity index (χ1v) is 11.3. The fourth-order valence-electron chi connectivity index (χ4n) is 3.67. The van der Waals surface area contributed by atoms with E-state index in [0.29, 0.717) is 11.9 Å². The van der Waals surface area contributed by atoms with E-state index in [1.165, 1.54) is 18.8 Å². The van der Waals surface area contributed by atoms with Crippen LogP contribution < -0.4 is 15.5 Å². The summed E-state index contributed by atoms with van der Waals surface area (Å²) in [6.45, 7) is 7.99. The first kappa shape index (κ1) is 22.2. The minimum atomic E-state index is -0.105. The molecule has 0 bridgehead atoms. The molecule has 1 saturated heterocycles. The summed E-state index contributed by atoms with van der Waals surface area (Å²) in [4.78, 5) is 29.3. The Morgan fingerprint density at radius 3 is 2.47 bits per heavy atom. The molecule has 0 saturated carbocycles. The minimum Gasteiger partial charge on any atom is -0.338 e. The Morgan fingerprint density at radius 2 is 1.75 bits per heavy atom. The van der Waals surface area contributed by atoms with Crippen LogP contribution in [-0.4, -0.2) is 51.9 Å². The summed E-state index contributed by atoms with van der Waals surface area (Å²) >= 11 is 3.49. The Hall–Kier alpha value is -3.04. The molecular weight excluding hydrogens is 470 g/mol. The van der Waals surface area contributed by atoms with Crippen molar-refractivity contribution in [3.63, 3.8) is 0 Å². The lowest BCUT2D eigenvalue weighted by Crippen LogP contribution is -2.46. The molecule has 9 heteroatoms. The summed E-state index contributed by atoms with van der Waals surface area (Å²) in [6.07, 6.45) is 1.53. The number of benzene rings is 2. The molecule has 0 radical (unpaired) electrons. The maximum atomic E-state index is 11.4. The topological polar surface area (TPSA) is 86.3 Å². The van der Waals surface area contributed by atoms with Gasteiger partial charge in [-0.25, -0.2) is 9.97 Å². The number of nitrogens with zero attached hydrogens (tertiary/aromatic N) is 5. The first-order chi connectivity index (χ1) is 15.5. The second kappa shape index (κ2) is 10.1. The summed E-state index contributed by atoms with van der Waals surface area (Å²) in [5.41, 5.74) is 3.84. The number of hydrogen-bond donors (Lipinski definition) is 2. The first-order valence-electron chi connectivity index (χ1n) is 10.5. The van der Waals surface area contributed by atoms with Crippen LogP contribution in [0.1, 0.15) is 18.1 Å². The molecule has 166 valence electrons.